The molecule has 1 amide bonds. The molecule has 0 spiro atoms. The molecule has 0 aromatic carbocycles. The average molecular weight is 336 g/mol. The molecule has 0 aliphatic carbocycles. The van der Waals surface area contributed by atoms with Gasteiger partial charge in [0.25, 0.3) is 0 Å². The van der Waals surface area contributed by atoms with E-state index in [0.29, 0.717) is 12.2 Å². The third-order valence-electron chi connectivity index (χ3n) is 3.30. The van der Waals surface area contributed by atoms with Crippen LogP contribution in [-0.2, 0) is 9.59 Å². The molecular weight excluding hydrogens is 316 g/mol. The Morgan fingerprint density at radius 3 is 2.87 bits per heavy atom. The lowest BCUT2D eigenvalue weighted by Gasteiger charge is -2.18. The summed E-state index contributed by atoms with van der Waals surface area (Å²) < 4.78 is 0. The second-order valence-corrected chi connectivity index (χ2v) is 6.45. The fourth-order valence-electron chi connectivity index (χ4n) is 2.23. The predicted octanol–water partition coefficient (Wildman–Crippen LogP) is 2.17. The van der Waals surface area contributed by atoms with Crippen LogP contribution in [0.2, 0.25) is 0 Å². The van der Waals surface area contributed by atoms with Crippen LogP contribution in [0.3, 0.4) is 0 Å². The van der Waals surface area contributed by atoms with Gasteiger partial charge in [-0.25, -0.2) is 9.97 Å². The summed E-state index contributed by atoms with van der Waals surface area (Å²) >= 11 is 1.58. The van der Waals surface area contributed by atoms with Crippen molar-refractivity contribution in [2.75, 3.05) is 11.9 Å². The number of aliphatic carboxylic acids is 1. The Morgan fingerprint density at radius 2 is 2.17 bits per heavy atom. The van der Waals surface area contributed by atoms with Crippen molar-refractivity contribution in [3.8, 4) is 0 Å². The van der Waals surface area contributed by atoms with Crippen molar-refractivity contribution in [3.05, 3.63) is 17.3 Å². The summed E-state index contributed by atoms with van der Waals surface area (Å²) in [5.74, 6) is -0.519. The number of amides is 1. The quantitative estimate of drug-likeness (QED) is 0.682. The maximum absolute atomic E-state index is 12.3. The van der Waals surface area contributed by atoms with Crippen molar-refractivity contribution >= 4 is 39.2 Å². The first-order valence-electron chi connectivity index (χ1n) is 7.48. The topological polar surface area (TPSA) is 104 Å². The SMILES string of the molecule is CCCC(Nc1ncnc2sc(C)cc12)C(=O)NCCC(=O)O. The van der Waals surface area contributed by atoms with Gasteiger partial charge in [0, 0.05) is 11.4 Å². The Morgan fingerprint density at radius 1 is 1.39 bits per heavy atom. The zero-order valence-corrected chi connectivity index (χ0v) is 13.9. The number of thiophene rings is 1. The maximum atomic E-state index is 12.3. The fraction of sp³-hybridized carbons (Fsp3) is 0.467. The zero-order valence-electron chi connectivity index (χ0n) is 13.1. The number of aromatic nitrogens is 2. The first-order valence-corrected chi connectivity index (χ1v) is 8.30. The lowest BCUT2D eigenvalue weighted by Crippen LogP contribution is -2.40. The van der Waals surface area contributed by atoms with Crippen LogP contribution in [0.4, 0.5) is 5.82 Å². The van der Waals surface area contributed by atoms with Crippen LogP contribution >= 0.6 is 11.3 Å². The monoisotopic (exact) mass is 336 g/mol. The molecule has 124 valence electrons. The Kier molecular flexibility index (Phi) is 5.86. The molecular formula is C15H20N4O3S. The van der Waals surface area contributed by atoms with Crippen LogP contribution in [0, 0.1) is 6.92 Å². The number of carboxylic acids is 1. The predicted molar refractivity (Wildman–Crippen MR) is 89.7 cm³/mol. The first-order chi connectivity index (χ1) is 11.0. The van der Waals surface area contributed by atoms with Gasteiger partial charge in [0.05, 0.1) is 11.8 Å². The number of aryl methyl sites for hydroxylation is 1. The van der Waals surface area contributed by atoms with Crippen LogP contribution in [0.5, 0.6) is 0 Å². The van der Waals surface area contributed by atoms with E-state index in [9.17, 15) is 9.59 Å². The van der Waals surface area contributed by atoms with Gasteiger partial charge < -0.3 is 15.7 Å². The van der Waals surface area contributed by atoms with Crippen LogP contribution in [0.1, 0.15) is 31.1 Å². The molecule has 0 fully saturated rings. The summed E-state index contributed by atoms with van der Waals surface area (Å²) in [6.07, 6.45) is 2.84. The highest BCUT2D eigenvalue weighted by Crippen LogP contribution is 2.28. The fourth-order valence-corrected chi connectivity index (χ4v) is 3.08. The molecule has 2 rings (SSSR count). The van der Waals surface area contributed by atoms with E-state index in [0.717, 1.165) is 21.5 Å². The highest BCUT2D eigenvalue weighted by Gasteiger charge is 2.19. The molecule has 0 saturated carbocycles. The van der Waals surface area contributed by atoms with E-state index in [-0.39, 0.29) is 18.9 Å². The number of nitrogens with one attached hydrogen (secondary N) is 2. The summed E-state index contributed by atoms with van der Waals surface area (Å²) in [5, 5.41) is 15.4. The molecule has 1 unspecified atom stereocenters. The summed E-state index contributed by atoms with van der Waals surface area (Å²) in [7, 11) is 0. The third kappa shape index (κ3) is 4.62. The third-order valence-corrected chi connectivity index (χ3v) is 4.25. The second kappa shape index (κ2) is 7.87. The Hall–Kier alpha value is -2.22. The zero-order chi connectivity index (χ0) is 16.8. The number of anilines is 1. The Labute approximate surface area is 138 Å². The van der Waals surface area contributed by atoms with Crippen molar-refractivity contribution < 1.29 is 14.7 Å². The molecule has 7 nitrogen and oxygen atoms in total. The number of carboxylic acid groups (broad SMARTS) is 1. The normalized spacial score (nSPS) is 12.1. The van der Waals surface area contributed by atoms with E-state index in [2.05, 4.69) is 20.6 Å². The van der Waals surface area contributed by atoms with Gasteiger partial charge in [-0.15, -0.1) is 11.3 Å². The van der Waals surface area contributed by atoms with E-state index in [1.165, 1.54) is 6.33 Å². The molecule has 8 heteroatoms. The summed E-state index contributed by atoms with van der Waals surface area (Å²) in [6.45, 7) is 4.11. The smallest absolute Gasteiger partial charge is 0.305 e. The van der Waals surface area contributed by atoms with Gasteiger partial charge >= 0.3 is 5.97 Å². The van der Waals surface area contributed by atoms with E-state index >= 15 is 0 Å². The van der Waals surface area contributed by atoms with E-state index in [4.69, 9.17) is 5.11 Å². The van der Waals surface area contributed by atoms with Crippen LogP contribution in [0.25, 0.3) is 10.2 Å². The van der Waals surface area contributed by atoms with Crippen molar-refractivity contribution in [1.82, 2.24) is 15.3 Å². The number of hydrogen-bond donors (Lipinski definition) is 3. The molecule has 0 aliphatic heterocycles. The van der Waals surface area contributed by atoms with Crippen molar-refractivity contribution in [2.24, 2.45) is 0 Å². The maximum Gasteiger partial charge on any atom is 0.305 e. The Bertz CT molecular complexity index is 701. The largest absolute Gasteiger partial charge is 0.481 e. The second-order valence-electron chi connectivity index (χ2n) is 5.22. The highest BCUT2D eigenvalue weighted by atomic mass is 32.1. The van der Waals surface area contributed by atoms with E-state index in [1.54, 1.807) is 11.3 Å². The van der Waals surface area contributed by atoms with Crippen molar-refractivity contribution in [3.63, 3.8) is 0 Å². The van der Waals surface area contributed by atoms with Crippen LogP contribution in [-0.4, -0.2) is 39.5 Å². The molecule has 0 bridgehead atoms. The molecule has 0 saturated heterocycles. The average Bonchev–Trinajstić information content (AvgIpc) is 2.87. The lowest BCUT2D eigenvalue weighted by atomic mass is 10.1. The minimum Gasteiger partial charge on any atom is -0.481 e. The molecule has 0 radical (unpaired) electrons. The molecule has 1 atom stereocenters. The van der Waals surface area contributed by atoms with Crippen molar-refractivity contribution in [1.29, 1.82) is 0 Å². The molecule has 2 heterocycles. The molecule has 2 aromatic heterocycles. The standard InChI is InChI=1S/C15H20N4O3S/c1-3-4-11(14(22)16-6-5-12(20)21)19-13-10-7-9(2)23-15(10)18-8-17-13/h7-8,11H,3-6H2,1-2H3,(H,16,22)(H,20,21)(H,17,18,19). The first kappa shape index (κ1) is 17.1. The molecule has 2 aromatic rings. The number of fused-ring (bicyclic) bond motifs is 1. The van der Waals surface area contributed by atoms with Gasteiger partial charge in [0.2, 0.25) is 5.91 Å². The number of nitrogens with zero attached hydrogens (tertiary/aromatic N) is 2. The molecule has 3 N–H and O–H groups in total. The minimum atomic E-state index is -0.934. The number of hydrogen-bond acceptors (Lipinski definition) is 6. The van der Waals surface area contributed by atoms with Gasteiger partial charge in [-0.05, 0) is 19.4 Å². The number of carbonyl (C=O) groups is 2. The summed E-state index contributed by atoms with van der Waals surface area (Å²) in [5.41, 5.74) is 0. The van der Waals surface area contributed by atoms with E-state index in [1.807, 2.05) is 19.9 Å². The Balaban J connectivity index is 2.11. The van der Waals surface area contributed by atoms with Gasteiger partial charge in [-0.3, -0.25) is 9.59 Å². The number of rotatable bonds is 8. The molecule has 23 heavy (non-hydrogen) atoms. The number of carbonyl (C=O) groups excluding carboxylic acids is 1. The van der Waals surface area contributed by atoms with E-state index < -0.39 is 12.0 Å². The lowest BCUT2D eigenvalue weighted by molar-refractivity contribution is -0.136. The van der Waals surface area contributed by atoms with Gasteiger partial charge in [0.1, 0.15) is 23.0 Å². The minimum absolute atomic E-state index is 0.0912. The van der Waals surface area contributed by atoms with Crippen molar-refractivity contribution in [2.45, 2.75) is 39.2 Å². The summed E-state index contributed by atoms with van der Waals surface area (Å²) in [6, 6.07) is 1.54. The molecule has 0 aliphatic rings. The van der Waals surface area contributed by atoms with Gasteiger partial charge in [-0.2, -0.15) is 0 Å². The highest BCUT2D eigenvalue weighted by molar-refractivity contribution is 7.18. The van der Waals surface area contributed by atoms with Crippen LogP contribution < -0.4 is 10.6 Å². The van der Waals surface area contributed by atoms with Gasteiger partial charge in [-0.1, -0.05) is 13.3 Å². The summed E-state index contributed by atoms with van der Waals surface area (Å²) in [4.78, 5) is 33.3. The van der Waals surface area contributed by atoms with Crippen LogP contribution in [0.15, 0.2) is 12.4 Å². The van der Waals surface area contributed by atoms with Gasteiger partial charge in [0.15, 0.2) is 0 Å².